The fourth-order valence-corrected chi connectivity index (χ4v) is 2.16. The minimum absolute atomic E-state index is 0.273. The van der Waals surface area contributed by atoms with Gasteiger partial charge in [0.15, 0.2) is 0 Å². The average molecular weight is 308 g/mol. The van der Waals surface area contributed by atoms with E-state index in [9.17, 15) is 18.0 Å². The van der Waals surface area contributed by atoms with Crippen molar-refractivity contribution < 1.29 is 27.4 Å². The Hall–Kier alpha value is -2.50. The van der Waals surface area contributed by atoms with Gasteiger partial charge in [0.2, 0.25) is 0 Å². The van der Waals surface area contributed by atoms with Crippen LogP contribution in [0.5, 0.6) is 17.2 Å². The van der Waals surface area contributed by atoms with Crippen molar-refractivity contribution in [3.63, 3.8) is 0 Å². The number of alkyl halides is 3. The molecule has 0 radical (unpaired) electrons. The van der Waals surface area contributed by atoms with Crippen molar-refractivity contribution in [2.24, 2.45) is 0 Å². The molecule has 0 aromatic heterocycles. The van der Waals surface area contributed by atoms with E-state index in [0.717, 1.165) is 17.7 Å². The topological polar surface area (TPSA) is 35.5 Å². The first-order chi connectivity index (χ1) is 10.4. The molecular weight excluding hydrogens is 297 g/mol. The van der Waals surface area contributed by atoms with Crippen LogP contribution < -0.4 is 9.47 Å². The van der Waals surface area contributed by atoms with Crippen molar-refractivity contribution in [3.8, 4) is 17.2 Å². The molecule has 6 heteroatoms. The van der Waals surface area contributed by atoms with Crippen LogP contribution in [0.2, 0.25) is 0 Å². The molecule has 2 aromatic carbocycles. The number of esters is 1. The molecule has 0 aliphatic carbocycles. The van der Waals surface area contributed by atoms with Gasteiger partial charge >= 0.3 is 12.1 Å². The number of aryl methyl sites for hydroxylation is 1. The van der Waals surface area contributed by atoms with Crippen LogP contribution in [0.25, 0.3) is 0 Å². The van der Waals surface area contributed by atoms with Crippen LogP contribution in [0.4, 0.5) is 13.2 Å². The quantitative estimate of drug-likeness (QED) is 0.611. The van der Waals surface area contributed by atoms with Gasteiger partial charge in [-0.2, -0.15) is 13.2 Å². The van der Waals surface area contributed by atoms with Gasteiger partial charge in [0, 0.05) is 6.07 Å². The maximum Gasteiger partial charge on any atom is 0.416 e. The molecule has 1 aliphatic heterocycles. The molecule has 2 aromatic rings. The van der Waals surface area contributed by atoms with Crippen LogP contribution in [0.1, 0.15) is 17.5 Å². The molecule has 1 aliphatic rings. The van der Waals surface area contributed by atoms with E-state index in [-0.39, 0.29) is 11.7 Å². The van der Waals surface area contributed by atoms with E-state index in [4.69, 9.17) is 9.47 Å². The number of benzene rings is 2. The monoisotopic (exact) mass is 308 g/mol. The van der Waals surface area contributed by atoms with Crippen molar-refractivity contribution in [1.82, 2.24) is 0 Å². The first-order valence-corrected chi connectivity index (χ1v) is 6.60. The third-order valence-corrected chi connectivity index (χ3v) is 3.28. The molecule has 0 fully saturated rings. The van der Waals surface area contributed by atoms with Gasteiger partial charge in [0.25, 0.3) is 0 Å². The Morgan fingerprint density at radius 3 is 2.32 bits per heavy atom. The number of rotatable bonds is 2. The SMILES string of the molecule is O=C1CCc2ccc(Oc3ccc(C(F)(F)F)cc3)cc2O1. The van der Waals surface area contributed by atoms with Crippen molar-refractivity contribution in [1.29, 1.82) is 0 Å². The van der Waals surface area contributed by atoms with Gasteiger partial charge in [0.05, 0.1) is 12.0 Å². The maximum atomic E-state index is 12.5. The number of fused-ring (bicyclic) bond motifs is 1. The lowest BCUT2D eigenvalue weighted by molar-refractivity contribution is -0.137. The molecule has 3 nitrogen and oxygen atoms in total. The normalized spacial score (nSPS) is 14.2. The second-order valence-corrected chi connectivity index (χ2v) is 4.87. The molecule has 1 heterocycles. The summed E-state index contributed by atoms with van der Waals surface area (Å²) in [5, 5.41) is 0. The summed E-state index contributed by atoms with van der Waals surface area (Å²) in [6, 6.07) is 9.42. The zero-order valence-electron chi connectivity index (χ0n) is 11.3. The van der Waals surface area contributed by atoms with Gasteiger partial charge in [-0.3, -0.25) is 4.79 Å². The fraction of sp³-hybridized carbons (Fsp3) is 0.188. The van der Waals surface area contributed by atoms with Crippen molar-refractivity contribution in [3.05, 3.63) is 53.6 Å². The smallest absolute Gasteiger partial charge is 0.416 e. The predicted molar refractivity (Wildman–Crippen MR) is 71.9 cm³/mol. The molecule has 0 amide bonds. The van der Waals surface area contributed by atoms with Crippen LogP contribution >= 0.6 is 0 Å². The molecule has 0 unspecified atom stereocenters. The van der Waals surface area contributed by atoms with Gasteiger partial charge in [-0.05, 0) is 42.3 Å². The van der Waals surface area contributed by atoms with Crippen LogP contribution in [0.15, 0.2) is 42.5 Å². The third kappa shape index (κ3) is 3.05. The number of carbonyl (C=O) groups excluding carboxylic acids is 1. The highest BCUT2D eigenvalue weighted by Gasteiger charge is 2.30. The van der Waals surface area contributed by atoms with Crippen molar-refractivity contribution >= 4 is 5.97 Å². The van der Waals surface area contributed by atoms with Crippen LogP contribution in [-0.2, 0) is 17.4 Å². The van der Waals surface area contributed by atoms with Gasteiger partial charge in [-0.1, -0.05) is 6.07 Å². The lowest BCUT2D eigenvalue weighted by Crippen LogP contribution is -2.15. The van der Waals surface area contributed by atoms with Gasteiger partial charge in [-0.25, -0.2) is 0 Å². The molecule has 3 rings (SSSR count). The lowest BCUT2D eigenvalue weighted by atomic mass is 10.1. The van der Waals surface area contributed by atoms with E-state index in [0.29, 0.717) is 24.3 Å². The Morgan fingerprint density at radius 1 is 0.955 bits per heavy atom. The van der Waals surface area contributed by atoms with Crippen molar-refractivity contribution in [2.45, 2.75) is 19.0 Å². The zero-order valence-corrected chi connectivity index (χ0v) is 11.3. The molecule has 114 valence electrons. The molecular formula is C16H11F3O3. The van der Waals surface area contributed by atoms with E-state index in [2.05, 4.69) is 0 Å². The molecule has 0 bridgehead atoms. The van der Waals surface area contributed by atoms with Crippen molar-refractivity contribution in [2.75, 3.05) is 0 Å². The van der Waals surface area contributed by atoms with E-state index in [1.165, 1.54) is 12.1 Å². The van der Waals surface area contributed by atoms with E-state index < -0.39 is 11.7 Å². The first kappa shape index (κ1) is 14.4. The summed E-state index contributed by atoms with van der Waals surface area (Å²) in [5.74, 6) is 0.795. The van der Waals surface area contributed by atoms with Gasteiger partial charge in [-0.15, -0.1) is 0 Å². The zero-order chi connectivity index (χ0) is 15.7. The standard InChI is InChI=1S/C16H11F3O3/c17-16(18,19)11-3-6-12(7-4-11)21-13-5-1-10-2-8-15(20)22-14(10)9-13/h1,3-7,9H,2,8H2. The molecule has 0 spiro atoms. The Bertz CT molecular complexity index is 706. The Morgan fingerprint density at radius 2 is 1.64 bits per heavy atom. The molecule has 22 heavy (non-hydrogen) atoms. The lowest BCUT2D eigenvalue weighted by Gasteiger charge is -2.16. The fourth-order valence-electron chi connectivity index (χ4n) is 2.16. The second-order valence-electron chi connectivity index (χ2n) is 4.87. The van der Waals surface area contributed by atoms with Crippen LogP contribution in [0, 0.1) is 0 Å². The number of hydrogen-bond donors (Lipinski definition) is 0. The summed E-state index contributed by atoms with van der Waals surface area (Å²) >= 11 is 0. The number of halogens is 3. The average Bonchev–Trinajstić information content (AvgIpc) is 2.46. The predicted octanol–water partition coefficient (Wildman–Crippen LogP) is 4.35. The number of carbonyl (C=O) groups is 1. The minimum atomic E-state index is -4.38. The van der Waals surface area contributed by atoms with E-state index in [1.54, 1.807) is 18.2 Å². The molecule has 0 atom stereocenters. The molecule has 0 saturated heterocycles. The highest BCUT2D eigenvalue weighted by molar-refractivity contribution is 5.75. The first-order valence-electron chi connectivity index (χ1n) is 6.60. The third-order valence-electron chi connectivity index (χ3n) is 3.28. The summed E-state index contributed by atoms with van der Waals surface area (Å²) < 4.78 is 48.0. The van der Waals surface area contributed by atoms with E-state index in [1.807, 2.05) is 0 Å². The summed E-state index contributed by atoms with van der Waals surface area (Å²) in [5.41, 5.74) is 0.165. The highest BCUT2D eigenvalue weighted by atomic mass is 19.4. The molecule has 0 saturated carbocycles. The molecule has 0 N–H and O–H groups in total. The number of ether oxygens (including phenoxy) is 2. The summed E-state index contributed by atoms with van der Waals surface area (Å²) in [4.78, 5) is 11.3. The Balaban J connectivity index is 1.79. The Kier molecular flexibility index (Phi) is 3.52. The van der Waals surface area contributed by atoms with Gasteiger partial charge < -0.3 is 9.47 Å². The maximum absolute atomic E-state index is 12.5. The van der Waals surface area contributed by atoms with Crippen LogP contribution in [0.3, 0.4) is 0 Å². The van der Waals surface area contributed by atoms with E-state index >= 15 is 0 Å². The summed E-state index contributed by atoms with van der Waals surface area (Å²) in [6.07, 6.45) is -3.43. The largest absolute Gasteiger partial charge is 0.457 e. The highest BCUT2D eigenvalue weighted by Crippen LogP contribution is 2.34. The summed E-state index contributed by atoms with van der Waals surface area (Å²) in [7, 11) is 0. The van der Waals surface area contributed by atoms with Gasteiger partial charge in [0.1, 0.15) is 17.2 Å². The van der Waals surface area contributed by atoms with Crippen LogP contribution in [-0.4, -0.2) is 5.97 Å². The number of hydrogen-bond acceptors (Lipinski definition) is 3. The minimum Gasteiger partial charge on any atom is -0.457 e. The summed E-state index contributed by atoms with van der Waals surface area (Å²) in [6.45, 7) is 0. The second kappa shape index (κ2) is 5.36. The Labute approximate surface area is 124 Å².